The molecule has 1 nitrogen and oxygen atoms in total. The number of nitrogens with zero attached hydrogens (tertiary/aromatic N) is 1. The van der Waals surface area contributed by atoms with Crippen LogP contribution in [-0.2, 0) is 0 Å². The van der Waals surface area contributed by atoms with Gasteiger partial charge in [0.2, 0.25) is 0 Å². The minimum absolute atomic E-state index is 0.162. The summed E-state index contributed by atoms with van der Waals surface area (Å²) in [4.78, 5) is 0. The third-order valence-electron chi connectivity index (χ3n) is 1.82. The SMILES string of the molecule is CC[C@@H](SC#N)c1cc(F)cc(F)c1. The van der Waals surface area contributed by atoms with Crippen molar-refractivity contribution in [2.75, 3.05) is 0 Å². The number of thioether (sulfide) groups is 1. The predicted octanol–water partition coefficient (Wildman–Crippen LogP) is 3.63. The van der Waals surface area contributed by atoms with Crippen LogP contribution in [0, 0.1) is 22.3 Å². The number of rotatable bonds is 3. The maximum Gasteiger partial charge on any atom is 0.133 e. The number of hydrogen-bond donors (Lipinski definition) is 0. The van der Waals surface area contributed by atoms with Crippen LogP contribution >= 0.6 is 11.8 Å². The molecule has 0 saturated heterocycles. The molecular weight excluding hydrogens is 204 g/mol. The molecule has 74 valence electrons. The molecule has 0 fully saturated rings. The maximum atomic E-state index is 12.8. The average Bonchev–Trinajstić information content (AvgIpc) is 2.12. The molecule has 1 aromatic carbocycles. The summed E-state index contributed by atoms with van der Waals surface area (Å²) in [5, 5.41) is 10.3. The highest BCUT2D eigenvalue weighted by Gasteiger charge is 2.12. The Hall–Kier alpha value is -1.08. The van der Waals surface area contributed by atoms with E-state index in [9.17, 15) is 8.78 Å². The number of thiocyanates is 1. The molecule has 0 aromatic heterocycles. The first-order chi connectivity index (χ1) is 6.67. The molecular formula is C10H9F2NS. The molecule has 0 aliphatic carbocycles. The Labute approximate surface area is 85.7 Å². The lowest BCUT2D eigenvalue weighted by Crippen LogP contribution is -1.93. The van der Waals surface area contributed by atoms with Gasteiger partial charge in [-0.25, -0.2) is 8.78 Å². The molecule has 0 saturated carbocycles. The largest absolute Gasteiger partial charge is 0.207 e. The summed E-state index contributed by atoms with van der Waals surface area (Å²) in [5.41, 5.74) is 0.525. The fraction of sp³-hybridized carbons (Fsp3) is 0.300. The van der Waals surface area contributed by atoms with Gasteiger partial charge in [0.05, 0.1) is 0 Å². The highest BCUT2D eigenvalue weighted by Crippen LogP contribution is 2.31. The van der Waals surface area contributed by atoms with Crippen LogP contribution < -0.4 is 0 Å². The quantitative estimate of drug-likeness (QED) is 0.716. The number of benzene rings is 1. The summed E-state index contributed by atoms with van der Waals surface area (Å²) in [6.07, 6.45) is 0.668. The summed E-state index contributed by atoms with van der Waals surface area (Å²) in [7, 11) is 0. The van der Waals surface area contributed by atoms with Crippen LogP contribution in [0.3, 0.4) is 0 Å². The summed E-state index contributed by atoms with van der Waals surface area (Å²) in [5.74, 6) is -1.20. The van der Waals surface area contributed by atoms with Gasteiger partial charge in [0.1, 0.15) is 17.0 Å². The minimum Gasteiger partial charge on any atom is -0.207 e. The van der Waals surface area contributed by atoms with E-state index in [1.54, 1.807) is 0 Å². The van der Waals surface area contributed by atoms with Crippen molar-refractivity contribution < 1.29 is 8.78 Å². The van der Waals surface area contributed by atoms with Crippen LogP contribution in [0.15, 0.2) is 18.2 Å². The van der Waals surface area contributed by atoms with Gasteiger partial charge in [-0.1, -0.05) is 6.92 Å². The molecule has 1 aromatic rings. The second-order valence-electron chi connectivity index (χ2n) is 2.81. The zero-order chi connectivity index (χ0) is 10.6. The molecule has 1 atom stereocenters. The van der Waals surface area contributed by atoms with Crippen molar-refractivity contribution in [1.29, 1.82) is 5.26 Å². The van der Waals surface area contributed by atoms with Gasteiger partial charge in [-0.2, -0.15) is 5.26 Å². The highest BCUT2D eigenvalue weighted by atomic mass is 32.2. The molecule has 4 heteroatoms. The van der Waals surface area contributed by atoms with Crippen LogP contribution in [0.25, 0.3) is 0 Å². The number of hydrogen-bond acceptors (Lipinski definition) is 2. The number of halogens is 2. The van der Waals surface area contributed by atoms with Gasteiger partial charge < -0.3 is 0 Å². The molecule has 0 bridgehead atoms. The van der Waals surface area contributed by atoms with Gasteiger partial charge in [-0.3, -0.25) is 0 Å². The van der Waals surface area contributed by atoms with Crippen molar-refractivity contribution in [3.63, 3.8) is 0 Å². The lowest BCUT2D eigenvalue weighted by Gasteiger charge is -2.10. The topological polar surface area (TPSA) is 23.8 Å². The summed E-state index contributed by atoms with van der Waals surface area (Å²) < 4.78 is 25.7. The maximum absolute atomic E-state index is 12.8. The van der Waals surface area contributed by atoms with E-state index in [1.165, 1.54) is 12.1 Å². The van der Waals surface area contributed by atoms with E-state index in [0.717, 1.165) is 17.8 Å². The molecule has 0 unspecified atom stereocenters. The molecule has 0 N–H and O–H groups in total. The number of nitriles is 1. The Morgan fingerprint density at radius 3 is 2.36 bits per heavy atom. The van der Waals surface area contributed by atoms with E-state index < -0.39 is 11.6 Å². The van der Waals surface area contributed by atoms with Gasteiger partial charge in [0, 0.05) is 11.3 Å². The molecule has 14 heavy (non-hydrogen) atoms. The van der Waals surface area contributed by atoms with Crippen molar-refractivity contribution in [3.8, 4) is 5.40 Å². The van der Waals surface area contributed by atoms with E-state index in [4.69, 9.17) is 5.26 Å². The second kappa shape index (κ2) is 4.97. The molecule has 1 rings (SSSR count). The van der Waals surface area contributed by atoms with Crippen LogP contribution in [-0.4, -0.2) is 0 Å². The van der Waals surface area contributed by atoms with E-state index in [-0.39, 0.29) is 5.25 Å². The van der Waals surface area contributed by atoms with E-state index in [0.29, 0.717) is 12.0 Å². The van der Waals surface area contributed by atoms with Gasteiger partial charge in [-0.05, 0) is 35.9 Å². The van der Waals surface area contributed by atoms with Crippen molar-refractivity contribution in [2.45, 2.75) is 18.6 Å². The summed E-state index contributed by atoms with van der Waals surface area (Å²) in [6, 6.07) is 3.36. The minimum atomic E-state index is -0.600. The normalized spacial score (nSPS) is 12.1. The first-order valence-electron chi connectivity index (χ1n) is 4.18. The first kappa shape index (κ1) is 11.0. The van der Waals surface area contributed by atoms with E-state index in [2.05, 4.69) is 0 Å². The van der Waals surface area contributed by atoms with Gasteiger partial charge in [0.15, 0.2) is 0 Å². The fourth-order valence-corrected chi connectivity index (χ4v) is 1.78. The van der Waals surface area contributed by atoms with Gasteiger partial charge in [-0.15, -0.1) is 0 Å². The van der Waals surface area contributed by atoms with Crippen LogP contribution in [0.1, 0.15) is 24.2 Å². The third kappa shape index (κ3) is 2.71. The molecule has 0 aliphatic rings. The smallest absolute Gasteiger partial charge is 0.133 e. The lowest BCUT2D eigenvalue weighted by molar-refractivity contribution is 0.579. The zero-order valence-corrected chi connectivity index (χ0v) is 8.44. The zero-order valence-electron chi connectivity index (χ0n) is 7.63. The van der Waals surface area contributed by atoms with Crippen molar-refractivity contribution in [1.82, 2.24) is 0 Å². The van der Waals surface area contributed by atoms with Crippen molar-refractivity contribution >= 4 is 11.8 Å². The monoisotopic (exact) mass is 213 g/mol. The second-order valence-corrected chi connectivity index (χ2v) is 3.80. The first-order valence-corrected chi connectivity index (χ1v) is 5.06. The Bertz CT molecular complexity index is 339. The van der Waals surface area contributed by atoms with Gasteiger partial charge in [0.25, 0.3) is 0 Å². The Morgan fingerprint density at radius 2 is 1.93 bits per heavy atom. The van der Waals surface area contributed by atoms with E-state index >= 15 is 0 Å². The van der Waals surface area contributed by atoms with Crippen molar-refractivity contribution in [3.05, 3.63) is 35.4 Å². The Morgan fingerprint density at radius 1 is 1.36 bits per heavy atom. The predicted molar refractivity (Wildman–Crippen MR) is 52.6 cm³/mol. The van der Waals surface area contributed by atoms with Crippen LogP contribution in [0.4, 0.5) is 8.78 Å². The van der Waals surface area contributed by atoms with Crippen molar-refractivity contribution in [2.24, 2.45) is 0 Å². The third-order valence-corrected chi connectivity index (χ3v) is 2.82. The molecule has 0 amide bonds. The molecule has 0 aliphatic heterocycles. The summed E-state index contributed by atoms with van der Waals surface area (Å²) >= 11 is 1.02. The van der Waals surface area contributed by atoms with Crippen LogP contribution in [0.2, 0.25) is 0 Å². The van der Waals surface area contributed by atoms with E-state index in [1.807, 2.05) is 12.3 Å². The molecule has 0 radical (unpaired) electrons. The molecule has 0 spiro atoms. The lowest BCUT2D eigenvalue weighted by atomic mass is 10.1. The molecule has 0 heterocycles. The highest BCUT2D eigenvalue weighted by molar-refractivity contribution is 8.03. The summed E-state index contributed by atoms with van der Waals surface area (Å²) in [6.45, 7) is 1.87. The standard InChI is InChI=1S/C10H9F2NS/c1-2-10(14-6-13)7-3-8(11)5-9(12)4-7/h3-5,10H,2H2,1H3/t10-/m1/s1. The Balaban J connectivity index is 2.98. The fourth-order valence-electron chi connectivity index (χ4n) is 1.21. The average molecular weight is 213 g/mol. The Kier molecular flexibility index (Phi) is 3.90. The van der Waals surface area contributed by atoms with Gasteiger partial charge >= 0.3 is 0 Å². The van der Waals surface area contributed by atoms with Crippen LogP contribution in [0.5, 0.6) is 0 Å².